The van der Waals surface area contributed by atoms with Crippen LogP contribution in [0.1, 0.15) is 17.3 Å². The monoisotopic (exact) mass is 392 g/mol. The maximum absolute atomic E-state index is 12.0. The van der Waals surface area contributed by atoms with Gasteiger partial charge in [-0.1, -0.05) is 12.1 Å². The number of rotatable bonds is 7. The number of carbonyl (C=O) groups is 2. The first-order valence-electron chi connectivity index (χ1n) is 8.05. The molecule has 0 unspecified atom stereocenters. The van der Waals surface area contributed by atoms with Crippen LogP contribution in [0.15, 0.2) is 53.4 Å². The molecule has 0 fully saturated rings. The molecular weight excluding hydrogens is 372 g/mol. The molecule has 0 spiro atoms. The highest BCUT2D eigenvalue weighted by molar-refractivity contribution is 7.90. The molecule has 0 saturated heterocycles. The number of para-hydroxylation sites is 2. The van der Waals surface area contributed by atoms with E-state index in [1.54, 1.807) is 24.3 Å². The fourth-order valence-corrected chi connectivity index (χ4v) is 2.71. The van der Waals surface area contributed by atoms with Crippen LogP contribution in [0.25, 0.3) is 0 Å². The summed E-state index contributed by atoms with van der Waals surface area (Å²) in [6, 6.07) is 12.3. The van der Waals surface area contributed by atoms with Gasteiger partial charge >= 0.3 is 0 Å². The van der Waals surface area contributed by atoms with E-state index in [0.717, 1.165) is 6.26 Å². The summed E-state index contributed by atoms with van der Waals surface area (Å²) in [4.78, 5) is 23.9. The molecule has 2 aromatic carbocycles. The molecule has 144 valence electrons. The van der Waals surface area contributed by atoms with Crippen molar-refractivity contribution in [3.05, 3.63) is 54.1 Å². The lowest BCUT2D eigenvalue weighted by Crippen LogP contribution is -2.43. The second-order valence-corrected chi connectivity index (χ2v) is 7.48. The number of hydrogen-bond donors (Lipinski definition) is 2. The Hall–Kier alpha value is -3.07. The minimum atomic E-state index is -3.34. The fourth-order valence-electron chi connectivity index (χ4n) is 2.08. The summed E-state index contributed by atoms with van der Waals surface area (Å²) in [5, 5.41) is 0. The summed E-state index contributed by atoms with van der Waals surface area (Å²) < 4.78 is 33.6. The molecule has 2 rings (SSSR count). The SMILES string of the molecule is CCOc1ccccc1OCC(=O)NNC(=O)c1ccc(S(C)(=O)=O)cc1. The van der Waals surface area contributed by atoms with Crippen LogP contribution < -0.4 is 20.3 Å². The van der Waals surface area contributed by atoms with Crippen LogP contribution in [0, 0.1) is 0 Å². The highest BCUT2D eigenvalue weighted by Gasteiger charge is 2.12. The fraction of sp³-hybridized carbons (Fsp3) is 0.222. The smallest absolute Gasteiger partial charge is 0.276 e. The molecule has 2 aromatic rings. The Morgan fingerprint density at radius 2 is 1.52 bits per heavy atom. The highest BCUT2D eigenvalue weighted by atomic mass is 32.2. The quantitative estimate of drug-likeness (QED) is 0.688. The number of amides is 2. The van der Waals surface area contributed by atoms with Crippen LogP contribution in [0.4, 0.5) is 0 Å². The first-order valence-corrected chi connectivity index (χ1v) is 9.94. The first-order chi connectivity index (χ1) is 12.8. The van der Waals surface area contributed by atoms with Crippen molar-refractivity contribution in [3.63, 3.8) is 0 Å². The third-order valence-electron chi connectivity index (χ3n) is 3.37. The third-order valence-corrected chi connectivity index (χ3v) is 4.50. The Morgan fingerprint density at radius 1 is 0.926 bits per heavy atom. The Kier molecular flexibility index (Phi) is 6.78. The van der Waals surface area contributed by atoms with Crippen LogP contribution >= 0.6 is 0 Å². The summed E-state index contributed by atoms with van der Waals surface area (Å²) in [5.74, 6) is -0.222. The topological polar surface area (TPSA) is 111 Å². The molecule has 27 heavy (non-hydrogen) atoms. The van der Waals surface area contributed by atoms with Gasteiger partial charge in [0.2, 0.25) is 0 Å². The van der Waals surface area contributed by atoms with Crippen LogP contribution in [0.3, 0.4) is 0 Å². The molecule has 0 aliphatic heterocycles. The molecule has 0 saturated carbocycles. The standard InChI is InChI=1S/C18H20N2O6S/c1-3-25-15-6-4-5-7-16(15)26-12-17(21)19-20-18(22)13-8-10-14(11-9-13)27(2,23)24/h4-11H,3,12H2,1-2H3,(H,19,21)(H,20,22). The minimum Gasteiger partial charge on any atom is -0.490 e. The van der Waals surface area contributed by atoms with Crippen LogP contribution in [-0.2, 0) is 14.6 Å². The van der Waals surface area contributed by atoms with Crippen molar-refractivity contribution in [1.29, 1.82) is 0 Å². The van der Waals surface area contributed by atoms with Crippen molar-refractivity contribution in [1.82, 2.24) is 10.9 Å². The van der Waals surface area contributed by atoms with Gasteiger partial charge in [0.1, 0.15) is 0 Å². The zero-order valence-corrected chi connectivity index (χ0v) is 15.7. The Balaban J connectivity index is 1.86. The number of sulfone groups is 1. The van der Waals surface area contributed by atoms with Gasteiger partial charge in [-0.2, -0.15) is 0 Å². The van der Waals surface area contributed by atoms with Gasteiger partial charge in [0.05, 0.1) is 11.5 Å². The van der Waals surface area contributed by atoms with Crippen molar-refractivity contribution in [2.45, 2.75) is 11.8 Å². The highest BCUT2D eigenvalue weighted by Crippen LogP contribution is 2.26. The van der Waals surface area contributed by atoms with Crippen LogP contribution in [-0.4, -0.2) is 39.7 Å². The van der Waals surface area contributed by atoms with Gasteiger partial charge in [-0.25, -0.2) is 8.42 Å². The van der Waals surface area contributed by atoms with Crippen molar-refractivity contribution in [2.75, 3.05) is 19.5 Å². The van der Waals surface area contributed by atoms with Gasteiger partial charge in [0.15, 0.2) is 27.9 Å². The van der Waals surface area contributed by atoms with Crippen molar-refractivity contribution >= 4 is 21.7 Å². The molecule has 0 aliphatic carbocycles. The molecule has 2 amide bonds. The zero-order chi connectivity index (χ0) is 19.9. The first kappa shape index (κ1) is 20.2. The van der Waals surface area contributed by atoms with Gasteiger partial charge in [-0.3, -0.25) is 20.4 Å². The number of carbonyl (C=O) groups excluding carboxylic acids is 2. The van der Waals surface area contributed by atoms with Gasteiger partial charge in [-0.05, 0) is 43.3 Å². The molecular formula is C18H20N2O6S. The van der Waals surface area contributed by atoms with E-state index >= 15 is 0 Å². The van der Waals surface area contributed by atoms with Crippen molar-refractivity contribution in [2.24, 2.45) is 0 Å². The lowest BCUT2D eigenvalue weighted by Gasteiger charge is -2.12. The van der Waals surface area contributed by atoms with Crippen LogP contribution in [0.2, 0.25) is 0 Å². The average molecular weight is 392 g/mol. The van der Waals surface area contributed by atoms with E-state index in [4.69, 9.17) is 9.47 Å². The van der Waals surface area contributed by atoms with Gasteiger partial charge in [0.25, 0.3) is 11.8 Å². The third kappa shape index (κ3) is 6.00. The van der Waals surface area contributed by atoms with E-state index < -0.39 is 21.7 Å². The second kappa shape index (κ2) is 9.04. The van der Waals surface area contributed by atoms with E-state index in [0.29, 0.717) is 18.1 Å². The Morgan fingerprint density at radius 3 is 2.07 bits per heavy atom. The zero-order valence-electron chi connectivity index (χ0n) is 14.9. The van der Waals surface area contributed by atoms with E-state index in [1.807, 2.05) is 6.92 Å². The Bertz CT molecular complexity index is 910. The van der Waals surface area contributed by atoms with Crippen LogP contribution in [0.5, 0.6) is 11.5 Å². The normalized spacial score (nSPS) is 10.7. The summed E-state index contributed by atoms with van der Waals surface area (Å²) in [5.41, 5.74) is 4.66. The Labute approximate surface area is 157 Å². The molecule has 0 atom stereocenters. The molecule has 0 radical (unpaired) electrons. The second-order valence-electron chi connectivity index (χ2n) is 5.47. The van der Waals surface area contributed by atoms with Crippen molar-refractivity contribution < 1.29 is 27.5 Å². The van der Waals surface area contributed by atoms with E-state index in [2.05, 4.69) is 10.9 Å². The molecule has 0 heterocycles. The predicted molar refractivity (Wildman–Crippen MR) is 98.3 cm³/mol. The number of hydrazine groups is 1. The van der Waals surface area contributed by atoms with E-state index in [9.17, 15) is 18.0 Å². The van der Waals surface area contributed by atoms with Crippen molar-refractivity contribution in [3.8, 4) is 11.5 Å². The summed E-state index contributed by atoms with van der Waals surface area (Å²) >= 11 is 0. The van der Waals surface area contributed by atoms with E-state index in [1.165, 1.54) is 24.3 Å². The molecule has 0 bridgehead atoms. The minimum absolute atomic E-state index is 0.101. The van der Waals surface area contributed by atoms with Gasteiger partial charge < -0.3 is 9.47 Å². The van der Waals surface area contributed by atoms with Gasteiger partial charge in [0, 0.05) is 11.8 Å². The molecule has 9 heteroatoms. The average Bonchev–Trinajstić information content (AvgIpc) is 2.65. The molecule has 0 aliphatic rings. The summed E-state index contributed by atoms with van der Waals surface area (Å²) in [7, 11) is -3.34. The van der Waals surface area contributed by atoms with E-state index in [-0.39, 0.29) is 17.1 Å². The number of benzene rings is 2. The number of hydrogen-bond acceptors (Lipinski definition) is 6. The molecule has 8 nitrogen and oxygen atoms in total. The maximum Gasteiger partial charge on any atom is 0.276 e. The predicted octanol–water partition coefficient (Wildman–Crippen LogP) is 1.33. The van der Waals surface area contributed by atoms with Gasteiger partial charge in [-0.15, -0.1) is 0 Å². The lowest BCUT2D eigenvalue weighted by atomic mass is 10.2. The largest absolute Gasteiger partial charge is 0.490 e. The summed E-state index contributed by atoms with van der Waals surface area (Å²) in [6.45, 7) is 1.97. The number of ether oxygens (including phenoxy) is 2. The summed E-state index contributed by atoms with van der Waals surface area (Å²) in [6.07, 6.45) is 1.08. The number of nitrogens with one attached hydrogen (secondary N) is 2. The maximum atomic E-state index is 12.0. The lowest BCUT2D eigenvalue weighted by molar-refractivity contribution is -0.123. The molecule has 0 aromatic heterocycles. The molecule has 2 N–H and O–H groups in total.